The van der Waals surface area contributed by atoms with E-state index in [0.717, 1.165) is 28.3 Å². The number of alkyl halides is 3. The molecule has 0 radical (unpaired) electrons. The number of aromatic nitrogens is 3. The number of halogens is 3. The molecule has 2 saturated heterocycles. The third kappa shape index (κ3) is 6.01. The largest absolute Gasteiger partial charge is 0.433 e. The molecule has 2 N–H and O–H groups in total. The Morgan fingerprint density at radius 1 is 1.10 bits per heavy atom. The van der Waals surface area contributed by atoms with E-state index in [1.54, 1.807) is 18.3 Å². The molecule has 6 rings (SSSR count). The minimum Gasteiger partial charge on any atom is -0.383 e. The molecule has 1 aliphatic carbocycles. The van der Waals surface area contributed by atoms with Crippen LogP contribution in [-0.2, 0) is 26.0 Å². The Morgan fingerprint density at radius 2 is 1.81 bits per heavy atom. The summed E-state index contributed by atoms with van der Waals surface area (Å²) in [5, 5.41) is 15.0. The average molecular weight is 604 g/mol. The molecule has 42 heavy (non-hydrogen) atoms. The number of aliphatic hydroxyl groups is 1. The maximum absolute atomic E-state index is 13.2. The van der Waals surface area contributed by atoms with Crippen LogP contribution < -0.4 is 5.32 Å². The van der Waals surface area contributed by atoms with E-state index in [2.05, 4.69) is 20.3 Å². The van der Waals surface area contributed by atoms with Gasteiger partial charge in [-0.2, -0.15) is 13.2 Å². The van der Waals surface area contributed by atoms with Crippen molar-refractivity contribution in [3.05, 3.63) is 52.9 Å². The van der Waals surface area contributed by atoms with E-state index in [1.807, 2.05) is 17.9 Å². The van der Waals surface area contributed by atoms with Crippen molar-refractivity contribution in [2.45, 2.75) is 63.0 Å². The molecule has 224 valence electrons. The number of thiazole rings is 1. The van der Waals surface area contributed by atoms with Gasteiger partial charge in [0.1, 0.15) is 16.3 Å². The molecule has 3 aliphatic rings. The number of carbonyl (C=O) groups excluding carboxylic acids is 1. The summed E-state index contributed by atoms with van der Waals surface area (Å²) < 4.78 is 50.8. The highest BCUT2D eigenvalue weighted by molar-refractivity contribution is 7.15. The predicted molar refractivity (Wildman–Crippen MR) is 149 cm³/mol. The van der Waals surface area contributed by atoms with Crippen LogP contribution in [0.4, 0.5) is 24.8 Å². The molecule has 2 aliphatic heterocycles. The Hall–Kier alpha value is -3.13. The lowest BCUT2D eigenvalue weighted by Gasteiger charge is -2.40. The summed E-state index contributed by atoms with van der Waals surface area (Å²) in [4.78, 5) is 28.0. The summed E-state index contributed by atoms with van der Waals surface area (Å²) in [6, 6.07) is 6.34. The van der Waals surface area contributed by atoms with Crippen LogP contribution in [0.1, 0.15) is 54.8 Å². The fourth-order valence-corrected chi connectivity index (χ4v) is 7.04. The zero-order chi connectivity index (χ0) is 29.5. The molecular formula is C29H32F3N5O4S. The van der Waals surface area contributed by atoms with Gasteiger partial charge in [0, 0.05) is 49.9 Å². The Balaban J connectivity index is 1.10. The number of ether oxygens (including phenoxy) is 2. The lowest BCUT2D eigenvalue weighted by atomic mass is 9.78. The summed E-state index contributed by atoms with van der Waals surface area (Å²) in [6.07, 6.45) is 1.59. The summed E-state index contributed by atoms with van der Waals surface area (Å²) in [7, 11) is 0. The number of anilines is 2. The van der Waals surface area contributed by atoms with E-state index in [-0.39, 0.29) is 17.8 Å². The second-order valence-electron chi connectivity index (χ2n) is 11.2. The standard InChI is InChI=1S/C29H32F3N5O4S/c1-18-14-20(16-21(15-18)35-26-33-9-4-23(36-26)29(30,31)32)22-17-34-25(42-22)27(39)5-2-19(3-6-27)24(38)37-10-7-28(8-11-37)40-12-13-41-28/h4,9,14-17,19,39H,2-3,5-8,10-13H2,1H3,(H,33,35,36). The Bertz CT molecular complexity index is 1440. The number of benzene rings is 1. The van der Waals surface area contributed by atoms with Crippen molar-refractivity contribution in [2.24, 2.45) is 5.92 Å². The second-order valence-corrected chi connectivity index (χ2v) is 12.3. The van der Waals surface area contributed by atoms with Crippen LogP contribution in [0.2, 0.25) is 0 Å². The minimum atomic E-state index is -4.57. The molecule has 1 amide bonds. The quantitative estimate of drug-likeness (QED) is 0.398. The van der Waals surface area contributed by atoms with Crippen LogP contribution in [0.5, 0.6) is 0 Å². The molecule has 0 atom stereocenters. The number of amides is 1. The lowest BCUT2D eigenvalue weighted by Crippen LogP contribution is -2.49. The molecule has 1 saturated carbocycles. The Kier molecular flexibility index (Phi) is 7.71. The molecule has 9 nitrogen and oxygen atoms in total. The van der Waals surface area contributed by atoms with Gasteiger partial charge in [-0.25, -0.2) is 15.0 Å². The van der Waals surface area contributed by atoms with Gasteiger partial charge in [0.25, 0.3) is 0 Å². The van der Waals surface area contributed by atoms with Crippen molar-refractivity contribution < 1.29 is 32.5 Å². The Labute approximate surface area is 245 Å². The van der Waals surface area contributed by atoms with Gasteiger partial charge in [0.2, 0.25) is 11.9 Å². The molecule has 0 unspecified atom stereocenters. The first kappa shape index (κ1) is 29.0. The van der Waals surface area contributed by atoms with Crippen molar-refractivity contribution in [2.75, 3.05) is 31.6 Å². The SMILES string of the molecule is Cc1cc(Nc2nccc(C(F)(F)F)n2)cc(-c2cnc(C3(O)CCC(C(=O)N4CCC5(CC4)OCCO5)CC3)s2)c1. The van der Waals surface area contributed by atoms with Gasteiger partial charge in [-0.15, -0.1) is 11.3 Å². The number of nitrogens with one attached hydrogen (secondary N) is 1. The number of rotatable bonds is 5. The number of carbonyl (C=O) groups is 1. The first-order valence-corrected chi connectivity index (χ1v) is 14.9. The van der Waals surface area contributed by atoms with Gasteiger partial charge in [0.05, 0.1) is 18.1 Å². The molecule has 3 aromatic rings. The summed E-state index contributed by atoms with van der Waals surface area (Å²) in [5.74, 6) is -0.676. The monoisotopic (exact) mass is 603 g/mol. The van der Waals surface area contributed by atoms with Gasteiger partial charge in [-0.1, -0.05) is 6.07 Å². The zero-order valence-electron chi connectivity index (χ0n) is 23.1. The summed E-state index contributed by atoms with van der Waals surface area (Å²) in [5.41, 5.74) is 0.0746. The van der Waals surface area contributed by atoms with Crippen LogP contribution in [0, 0.1) is 12.8 Å². The summed E-state index contributed by atoms with van der Waals surface area (Å²) >= 11 is 1.38. The number of piperidine rings is 1. The fraction of sp³-hybridized carbons (Fsp3) is 0.517. The number of hydrogen-bond acceptors (Lipinski definition) is 9. The van der Waals surface area contributed by atoms with Gasteiger partial charge in [-0.05, 0) is 61.9 Å². The van der Waals surface area contributed by atoms with E-state index in [1.165, 1.54) is 11.3 Å². The van der Waals surface area contributed by atoms with E-state index in [4.69, 9.17) is 9.47 Å². The third-order valence-corrected chi connectivity index (χ3v) is 9.52. The minimum absolute atomic E-state index is 0.132. The highest BCUT2D eigenvalue weighted by Gasteiger charge is 2.44. The smallest absolute Gasteiger partial charge is 0.383 e. The molecule has 1 aromatic carbocycles. The predicted octanol–water partition coefficient (Wildman–Crippen LogP) is 5.41. The first-order valence-electron chi connectivity index (χ1n) is 14.1. The third-order valence-electron chi connectivity index (χ3n) is 8.28. The molecule has 13 heteroatoms. The molecule has 3 fully saturated rings. The second kappa shape index (κ2) is 11.2. The number of aryl methyl sites for hydroxylation is 1. The topological polar surface area (TPSA) is 110 Å². The number of likely N-dealkylation sites (tertiary alicyclic amines) is 1. The molecule has 0 bridgehead atoms. The van der Waals surface area contributed by atoms with Crippen LogP contribution in [-0.4, -0.2) is 63.0 Å². The molecule has 2 aromatic heterocycles. The van der Waals surface area contributed by atoms with Crippen molar-refractivity contribution >= 4 is 28.9 Å². The lowest BCUT2D eigenvalue weighted by molar-refractivity contribution is -0.188. The van der Waals surface area contributed by atoms with Gasteiger partial charge >= 0.3 is 6.18 Å². The molecule has 1 spiro atoms. The number of hydrogen-bond donors (Lipinski definition) is 2. The van der Waals surface area contributed by atoms with Crippen LogP contribution in [0.15, 0.2) is 36.7 Å². The van der Waals surface area contributed by atoms with Gasteiger partial charge in [-0.3, -0.25) is 4.79 Å². The highest BCUT2D eigenvalue weighted by Crippen LogP contribution is 2.44. The van der Waals surface area contributed by atoms with Crippen molar-refractivity contribution in [1.82, 2.24) is 19.9 Å². The molecule has 4 heterocycles. The Morgan fingerprint density at radius 3 is 2.50 bits per heavy atom. The van der Waals surface area contributed by atoms with Crippen molar-refractivity contribution in [3.63, 3.8) is 0 Å². The van der Waals surface area contributed by atoms with Gasteiger partial charge in [0.15, 0.2) is 5.79 Å². The van der Waals surface area contributed by atoms with Crippen LogP contribution in [0.25, 0.3) is 10.4 Å². The van der Waals surface area contributed by atoms with E-state index < -0.39 is 23.3 Å². The van der Waals surface area contributed by atoms with Gasteiger partial charge < -0.3 is 24.8 Å². The van der Waals surface area contributed by atoms with E-state index in [0.29, 0.717) is 75.5 Å². The molecular weight excluding hydrogens is 571 g/mol. The van der Waals surface area contributed by atoms with E-state index >= 15 is 0 Å². The zero-order valence-corrected chi connectivity index (χ0v) is 23.9. The normalized spacial score (nSPS) is 24.2. The fourth-order valence-electron chi connectivity index (χ4n) is 5.99. The van der Waals surface area contributed by atoms with Crippen LogP contribution >= 0.6 is 11.3 Å². The van der Waals surface area contributed by atoms with E-state index in [9.17, 15) is 23.1 Å². The maximum Gasteiger partial charge on any atom is 0.433 e. The first-order chi connectivity index (χ1) is 20.0. The summed E-state index contributed by atoms with van der Waals surface area (Å²) in [6.45, 7) is 4.31. The maximum atomic E-state index is 13.2. The highest BCUT2D eigenvalue weighted by atomic mass is 32.1. The van der Waals surface area contributed by atoms with Crippen LogP contribution in [0.3, 0.4) is 0 Å². The van der Waals surface area contributed by atoms with Crippen molar-refractivity contribution in [3.8, 4) is 10.4 Å². The van der Waals surface area contributed by atoms with Crippen molar-refractivity contribution in [1.29, 1.82) is 0 Å². The number of nitrogens with zero attached hydrogens (tertiary/aromatic N) is 4. The average Bonchev–Trinajstić information content (AvgIpc) is 3.64.